The highest BCUT2D eigenvalue weighted by molar-refractivity contribution is 7.87. The molecule has 0 heterocycles. The molecule has 0 aliphatic rings. The second kappa shape index (κ2) is 9.10. The van der Waals surface area contributed by atoms with E-state index in [1.54, 1.807) is 7.05 Å². The van der Waals surface area contributed by atoms with Gasteiger partial charge in [0.1, 0.15) is 0 Å². The molecular formula is C19H26N2O3S. The van der Waals surface area contributed by atoms with Crippen LogP contribution in [0.2, 0.25) is 0 Å². The number of nitrogens with zero attached hydrogens (tertiary/aromatic N) is 1. The molecule has 0 saturated heterocycles. The summed E-state index contributed by atoms with van der Waals surface area (Å²) in [5, 5.41) is 0. The Bertz CT molecular complexity index is 761. The van der Waals surface area contributed by atoms with E-state index < -0.39 is 10.2 Å². The summed E-state index contributed by atoms with van der Waals surface area (Å²) in [6.45, 7) is 4.88. The molecule has 0 aliphatic carbocycles. The van der Waals surface area contributed by atoms with Crippen molar-refractivity contribution in [2.75, 3.05) is 7.05 Å². The third-order valence-corrected chi connectivity index (χ3v) is 5.73. The van der Waals surface area contributed by atoms with E-state index in [-0.39, 0.29) is 12.6 Å². The summed E-state index contributed by atoms with van der Waals surface area (Å²) < 4.78 is 34.2. The van der Waals surface area contributed by atoms with Crippen LogP contribution >= 0.6 is 0 Å². The lowest BCUT2D eigenvalue weighted by Crippen LogP contribution is -2.41. The largest absolute Gasteiger partial charge is 0.372 e. The van der Waals surface area contributed by atoms with Crippen molar-refractivity contribution in [3.05, 3.63) is 71.3 Å². The van der Waals surface area contributed by atoms with Crippen molar-refractivity contribution in [1.82, 2.24) is 9.03 Å². The van der Waals surface area contributed by atoms with E-state index in [2.05, 4.69) is 4.72 Å². The van der Waals surface area contributed by atoms with Crippen LogP contribution in [0.15, 0.2) is 54.6 Å². The van der Waals surface area contributed by atoms with Gasteiger partial charge in [-0.05, 0) is 30.5 Å². The summed E-state index contributed by atoms with van der Waals surface area (Å²) in [7, 11) is -1.92. The highest BCUT2D eigenvalue weighted by atomic mass is 32.2. The summed E-state index contributed by atoms with van der Waals surface area (Å²) in [5.41, 5.74) is 3.00. The summed E-state index contributed by atoms with van der Waals surface area (Å²) in [5.74, 6) is 0. The highest BCUT2D eigenvalue weighted by Gasteiger charge is 2.20. The number of benzene rings is 2. The Morgan fingerprint density at radius 3 is 2.20 bits per heavy atom. The summed E-state index contributed by atoms with van der Waals surface area (Å²) in [6.07, 6.45) is 0. The van der Waals surface area contributed by atoms with Gasteiger partial charge in [0.05, 0.1) is 13.2 Å². The fourth-order valence-corrected chi connectivity index (χ4v) is 3.37. The van der Waals surface area contributed by atoms with E-state index in [0.717, 1.165) is 16.7 Å². The molecule has 0 spiro atoms. The molecule has 0 amide bonds. The molecule has 2 aromatic rings. The second-order valence-electron chi connectivity index (χ2n) is 6.18. The fourth-order valence-electron chi connectivity index (χ4n) is 2.27. The number of rotatable bonds is 9. The minimum Gasteiger partial charge on any atom is -0.372 e. The molecule has 5 nitrogen and oxygen atoms in total. The van der Waals surface area contributed by atoms with Crippen LogP contribution in [-0.2, 0) is 34.7 Å². The summed E-state index contributed by atoms with van der Waals surface area (Å²) in [4.78, 5) is 0. The van der Waals surface area contributed by atoms with Gasteiger partial charge in [-0.3, -0.25) is 0 Å². The zero-order chi connectivity index (χ0) is 18.3. The Kier molecular flexibility index (Phi) is 7.13. The SMILES string of the molecule is CC(C)N(C)S(=O)(=O)NCc1ccccc1COCc1ccccc1. The maximum Gasteiger partial charge on any atom is 0.279 e. The topological polar surface area (TPSA) is 58.6 Å². The quantitative estimate of drug-likeness (QED) is 0.746. The monoisotopic (exact) mass is 362 g/mol. The van der Waals surface area contributed by atoms with E-state index in [4.69, 9.17) is 4.74 Å². The molecule has 25 heavy (non-hydrogen) atoms. The van der Waals surface area contributed by atoms with Gasteiger partial charge in [-0.1, -0.05) is 54.6 Å². The first kappa shape index (κ1) is 19.6. The smallest absolute Gasteiger partial charge is 0.279 e. The van der Waals surface area contributed by atoms with Crippen molar-refractivity contribution < 1.29 is 13.2 Å². The van der Waals surface area contributed by atoms with Gasteiger partial charge >= 0.3 is 0 Å². The predicted octanol–water partition coefficient (Wildman–Crippen LogP) is 3.08. The van der Waals surface area contributed by atoms with Crippen molar-refractivity contribution in [2.45, 2.75) is 39.6 Å². The standard InChI is InChI=1S/C19H26N2O3S/c1-16(2)21(3)25(22,23)20-13-18-11-7-8-12-19(18)15-24-14-17-9-5-4-6-10-17/h4-12,16,20H,13-15H2,1-3H3. The van der Waals surface area contributed by atoms with Gasteiger partial charge in [0.15, 0.2) is 0 Å². The Hall–Kier alpha value is -1.73. The second-order valence-corrected chi connectivity index (χ2v) is 8.00. The highest BCUT2D eigenvalue weighted by Crippen LogP contribution is 2.13. The fraction of sp³-hybridized carbons (Fsp3) is 0.368. The van der Waals surface area contributed by atoms with Crippen LogP contribution < -0.4 is 4.72 Å². The lowest BCUT2D eigenvalue weighted by molar-refractivity contribution is 0.106. The molecule has 2 aromatic carbocycles. The molecule has 0 aliphatic heterocycles. The number of hydrogen-bond acceptors (Lipinski definition) is 3. The van der Waals surface area contributed by atoms with E-state index in [9.17, 15) is 8.42 Å². The van der Waals surface area contributed by atoms with Gasteiger partial charge in [-0.2, -0.15) is 17.4 Å². The Labute approximate surface area is 150 Å². The molecule has 0 atom stereocenters. The van der Waals surface area contributed by atoms with Crippen LogP contribution in [0, 0.1) is 0 Å². The Morgan fingerprint density at radius 1 is 0.960 bits per heavy atom. The molecule has 0 aromatic heterocycles. The van der Waals surface area contributed by atoms with E-state index in [1.165, 1.54) is 4.31 Å². The predicted molar refractivity (Wildman–Crippen MR) is 100 cm³/mol. The average molecular weight is 362 g/mol. The lowest BCUT2D eigenvalue weighted by Gasteiger charge is -2.21. The van der Waals surface area contributed by atoms with Crippen molar-refractivity contribution in [2.24, 2.45) is 0 Å². The third-order valence-electron chi connectivity index (χ3n) is 4.04. The molecule has 0 saturated carbocycles. The van der Waals surface area contributed by atoms with Gasteiger partial charge in [0, 0.05) is 19.6 Å². The summed E-state index contributed by atoms with van der Waals surface area (Å²) >= 11 is 0. The number of nitrogens with one attached hydrogen (secondary N) is 1. The van der Waals surface area contributed by atoms with Crippen LogP contribution in [0.25, 0.3) is 0 Å². The van der Waals surface area contributed by atoms with Gasteiger partial charge in [0.2, 0.25) is 0 Å². The van der Waals surface area contributed by atoms with Crippen molar-refractivity contribution >= 4 is 10.2 Å². The molecule has 0 radical (unpaired) electrons. The molecule has 6 heteroatoms. The van der Waals surface area contributed by atoms with Crippen LogP contribution in [0.1, 0.15) is 30.5 Å². The third kappa shape index (κ3) is 5.93. The first-order valence-corrected chi connectivity index (χ1v) is 9.75. The van der Waals surface area contributed by atoms with Crippen LogP contribution in [0.5, 0.6) is 0 Å². The van der Waals surface area contributed by atoms with Crippen LogP contribution in [-0.4, -0.2) is 25.8 Å². The van der Waals surface area contributed by atoms with Gasteiger partial charge in [-0.25, -0.2) is 0 Å². The molecule has 0 bridgehead atoms. The van der Waals surface area contributed by atoms with Gasteiger partial charge in [0.25, 0.3) is 10.2 Å². The number of ether oxygens (including phenoxy) is 1. The maximum absolute atomic E-state index is 12.2. The molecule has 2 rings (SSSR count). The zero-order valence-corrected chi connectivity index (χ0v) is 15.8. The molecule has 136 valence electrons. The van der Waals surface area contributed by atoms with E-state index in [0.29, 0.717) is 13.2 Å². The molecule has 1 N–H and O–H groups in total. The number of hydrogen-bond donors (Lipinski definition) is 1. The molecule has 0 fully saturated rings. The lowest BCUT2D eigenvalue weighted by atomic mass is 10.1. The molecule has 0 unspecified atom stereocenters. The van der Waals surface area contributed by atoms with Crippen molar-refractivity contribution in [3.63, 3.8) is 0 Å². The van der Waals surface area contributed by atoms with Crippen LogP contribution in [0.3, 0.4) is 0 Å². The van der Waals surface area contributed by atoms with Gasteiger partial charge in [-0.15, -0.1) is 0 Å². The minimum atomic E-state index is -3.50. The minimum absolute atomic E-state index is 0.0954. The van der Waals surface area contributed by atoms with E-state index in [1.807, 2.05) is 68.4 Å². The normalized spacial score (nSPS) is 12.0. The van der Waals surface area contributed by atoms with Crippen LogP contribution in [0.4, 0.5) is 0 Å². The maximum atomic E-state index is 12.2. The zero-order valence-electron chi connectivity index (χ0n) is 15.0. The average Bonchev–Trinajstić information content (AvgIpc) is 2.61. The first-order valence-electron chi connectivity index (χ1n) is 8.31. The Balaban J connectivity index is 1.96. The van der Waals surface area contributed by atoms with Gasteiger partial charge < -0.3 is 4.74 Å². The summed E-state index contributed by atoms with van der Waals surface area (Å²) in [6, 6.07) is 17.6. The Morgan fingerprint density at radius 2 is 1.56 bits per heavy atom. The van der Waals surface area contributed by atoms with Crippen molar-refractivity contribution in [1.29, 1.82) is 0 Å². The molecular weight excluding hydrogens is 336 g/mol. The first-order chi connectivity index (χ1) is 11.9. The van der Waals surface area contributed by atoms with E-state index >= 15 is 0 Å². The van der Waals surface area contributed by atoms with Crippen molar-refractivity contribution in [3.8, 4) is 0 Å².